The molecule has 2 unspecified atom stereocenters. The predicted molar refractivity (Wildman–Crippen MR) is 103 cm³/mol. The molecule has 2 atom stereocenters. The molecule has 2 N–H and O–H groups in total. The molecule has 168 valence electrons. The van der Waals surface area contributed by atoms with Gasteiger partial charge in [0.2, 0.25) is 6.10 Å². The van der Waals surface area contributed by atoms with Crippen LogP contribution >= 0.6 is 19.2 Å². The molecule has 0 spiro atoms. The smallest absolute Gasteiger partial charge is 0.372 e. The largest absolute Gasteiger partial charge is 0.460 e. The molecule has 9 nitrogen and oxygen atoms in total. The van der Waals surface area contributed by atoms with Crippen LogP contribution in [0.3, 0.4) is 0 Å². The molecule has 2 saturated carbocycles. The number of rotatable bonds is 9. The molecule has 0 aromatic carbocycles. The molecule has 11 heteroatoms. The minimum atomic E-state index is -5.43. The number of hydrogen-bond donors (Lipinski definition) is 2. The standard InChI is InChI=1S/C18H30ClO9P/c1-25-15(16(20)27-13-8-4-2-5-9-13)18(26-12-19,29(22,23)24)17(21)28-14-10-6-3-7-11-14/h13-15H,2-12H2,1H3,(H2,22,23,24). The highest BCUT2D eigenvalue weighted by molar-refractivity contribution is 7.54. The molecule has 0 radical (unpaired) electrons. The number of carbonyl (C=O) groups excluding carboxylic acids is 2. The minimum absolute atomic E-state index is 0.409. The van der Waals surface area contributed by atoms with E-state index in [4.69, 9.17) is 30.5 Å². The van der Waals surface area contributed by atoms with Gasteiger partial charge in [-0.3, -0.25) is 4.57 Å². The van der Waals surface area contributed by atoms with Crippen LogP contribution < -0.4 is 0 Å². The molecule has 0 aromatic rings. The van der Waals surface area contributed by atoms with Gasteiger partial charge in [0.25, 0.3) is 0 Å². The molecule has 0 saturated heterocycles. The lowest BCUT2D eigenvalue weighted by atomic mass is 9.97. The van der Waals surface area contributed by atoms with Gasteiger partial charge in [0.1, 0.15) is 18.3 Å². The maximum absolute atomic E-state index is 13.0. The molecule has 2 aliphatic rings. The van der Waals surface area contributed by atoms with Crippen molar-refractivity contribution in [1.29, 1.82) is 0 Å². The summed E-state index contributed by atoms with van der Waals surface area (Å²) < 4.78 is 33.3. The van der Waals surface area contributed by atoms with E-state index in [0.29, 0.717) is 25.7 Å². The molecule has 2 aliphatic carbocycles. The molecule has 0 aliphatic heterocycles. The zero-order valence-electron chi connectivity index (χ0n) is 16.6. The topological polar surface area (TPSA) is 129 Å². The first kappa shape index (κ1) is 24.6. The predicted octanol–water partition coefficient (Wildman–Crippen LogP) is 2.84. The third-order valence-electron chi connectivity index (χ3n) is 5.47. The molecule has 0 aromatic heterocycles. The van der Waals surface area contributed by atoms with Gasteiger partial charge in [-0.1, -0.05) is 24.4 Å². The Labute approximate surface area is 175 Å². The summed E-state index contributed by atoms with van der Waals surface area (Å²) in [6.45, 7) is 0. The monoisotopic (exact) mass is 456 g/mol. The van der Waals surface area contributed by atoms with E-state index in [2.05, 4.69) is 0 Å². The Kier molecular flexibility index (Phi) is 9.38. The molecule has 2 rings (SSSR count). The normalized spacial score (nSPS) is 22.5. The van der Waals surface area contributed by atoms with Crippen molar-refractivity contribution in [2.45, 2.75) is 87.9 Å². The van der Waals surface area contributed by atoms with Gasteiger partial charge in [-0.15, -0.1) is 0 Å². The van der Waals surface area contributed by atoms with E-state index in [1.165, 1.54) is 0 Å². The Bertz CT molecular complexity index is 598. The number of alkyl halides is 1. The third-order valence-corrected chi connectivity index (χ3v) is 6.99. The average molecular weight is 457 g/mol. The summed E-state index contributed by atoms with van der Waals surface area (Å²) in [4.78, 5) is 45.9. The van der Waals surface area contributed by atoms with Crippen LogP contribution in [-0.2, 0) is 33.1 Å². The fraction of sp³-hybridized carbons (Fsp3) is 0.889. The maximum Gasteiger partial charge on any atom is 0.372 e. The van der Waals surface area contributed by atoms with Gasteiger partial charge in [0.05, 0.1) is 0 Å². The fourth-order valence-corrected chi connectivity index (χ4v) is 5.21. The second kappa shape index (κ2) is 11.1. The van der Waals surface area contributed by atoms with Crippen molar-refractivity contribution in [1.82, 2.24) is 0 Å². The third kappa shape index (κ3) is 5.93. The summed E-state index contributed by atoms with van der Waals surface area (Å²) >= 11 is 5.60. The lowest BCUT2D eigenvalue weighted by Gasteiger charge is -2.37. The van der Waals surface area contributed by atoms with Crippen LogP contribution in [0, 0.1) is 0 Å². The molecular formula is C18H30ClO9P. The second-order valence-corrected chi connectivity index (χ2v) is 9.44. The first-order valence-corrected chi connectivity index (χ1v) is 12.1. The van der Waals surface area contributed by atoms with Crippen molar-refractivity contribution < 1.29 is 42.9 Å². The summed E-state index contributed by atoms with van der Waals surface area (Å²) in [5.41, 5.74) is 0. The first-order valence-electron chi connectivity index (χ1n) is 9.96. The van der Waals surface area contributed by atoms with E-state index in [-0.39, 0.29) is 0 Å². The quantitative estimate of drug-likeness (QED) is 0.305. The van der Waals surface area contributed by atoms with Crippen molar-refractivity contribution in [3.8, 4) is 0 Å². The van der Waals surface area contributed by atoms with Gasteiger partial charge >= 0.3 is 24.9 Å². The van der Waals surface area contributed by atoms with E-state index in [1.807, 2.05) is 0 Å². The highest BCUT2D eigenvalue weighted by Gasteiger charge is 2.66. The second-order valence-electron chi connectivity index (χ2n) is 7.47. The number of halogens is 1. The summed E-state index contributed by atoms with van der Waals surface area (Å²) in [5, 5.41) is -3.04. The van der Waals surface area contributed by atoms with Crippen molar-refractivity contribution in [3.05, 3.63) is 0 Å². The van der Waals surface area contributed by atoms with Gasteiger partial charge in [0, 0.05) is 7.11 Å². The van der Waals surface area contributed by atoms with E-state index >= 15 is 0 Å². The molecule has 0 bridgehead atoms. The van der Waals surface area contributed by atoms with Crippen LogP contribution in [0.4, 0.5) is 0 Å². The minimum Gasteiger partial charge on any atom is -0.460 e. The average Bonchev–Trinajstić information content (AvgIpc) is 2.68. The Hall–Kier alpha value is -0.700. The Morgan fingerprint density at radius 3 is 1.90 bits per heavy atom. The fourth-order valence-electron chi connectivity index (χ4n) is 3.92. The lowest BCUT2D eigenvalue weighted by molar-refractivity contribution is -0.195. The molecule has 2 fully saturated rings. The van der Waals surface area contributed by atoms with Crippen LogP contribution in [0.1, 0.15) is 64.2 Å². The number of ether oxygens (including phenoxy) is 4. The van der Waals surface area contributed by atoms with Crippen molar-refractivity contribution >= 4 is 31.1 Å². The van der Waals surface area contributed by atoms with Crippen LogP contribution in [0.25, 0.3) is 0 Å². The summed E-state index contributed by atoms with van der Waals surface area (Å²) in [5.74, 6) is -2.46. The van der Waals surface area contributed by atoms with Crippen LogP contribution in [0.2, 0.25) is 0 Å². The first-order chi connectivity index (χ1) is 13.8. The molecule has 0 heterocycles. The zero-order chi connectivity index (χ0) is 21.5. The molecule has 29 heavy (non-hydrogen) atoms. The van der Waals surface area contributed by atoms with E-state index < -0.39 is 49.3 Å². The number of methoxy groups -OCH3 is 1. The summed E-state index contributed by atoms with van der Waals surface area (Å²) in [6, 6.07) is -0.762. The maximum atomic E-state index is 13.0. The van der Waals surface area contributed by atoms with E-state index in [1.54, 1.807) is 0 Å². The Balaban J connectivity index is 2.30. The van der Waals surface area contributed by atoms with Crippen LogP contribution in [0.15, 0.2) is 0 Å². The Morgan fingerprint density at radius 1 is 1.00 bits per heavy atom. The Morgan fingerprint density at radius 2 is 1.48 bits per heavy atom. The molecule has 0 amide bonds. The summed E-state index contributed by atoms with van der Waals surface area (Å²) in [7, 11) is -4.39. The number of carbonyl (C=O) groups is 2. The summed E-state index contributed by atoms with van der Waals surface area (Å²) in [6.07, 6.45) is 4.86. The number of hydrogen-bond acceptors (Lipinski definition) is 7. The molecular weight excluding hydrogens is 427 g/mol. The van der Waals surface area contributed by atoms with E-state index in [9.17, 15) is 23.9 Å². The van der Waals surface area contributed by atoms with Crippen LogP contribution in [0.5, 0.6) is 0 Å². The van der Waals surface area contributed by atoms with Crippen molar-refractivity contribution in [2.75, 3.05) is 13.2 Å². The SMILES string of the molecule is COC(C(=O)OC1CCCCC1)C(OCCl)(C(=O)OC1CCCCC1)P(=O)(O)O. The van der Waals surface area contributed by atoms with Crippen molar-refractivity contribution in [3.63, 3.8) is 0 Å². The zero-order valence-corrected chi connectivity index (χ0v) is 18.2. The van der Waals surface area contributed by atoms with Crippen molar-refractivity contribution in [2.24, 2.45) is 0 Å². The highest BCUT2D eigenvalue weighted by atomic mass is 35.5. The number of esters is 2. The van der Waals surface area contributed by atoms with Gasteiger partial charge < -0.3 is 28.7 Å². The van der Waals surface area contributed by atoms with Gasteiger partial charge in [0.15, 0.2) is 0 Å². The lowest BCUT2D eigenvalue weighted by Crippen LogP contribution is -2.57. The van der Waals surface area contributed by atoms with Gasteiger partial charge in [-0.2, -0.15) is 0 Å². The van der Waals surface area contributed by atoms with Gasteiger partial charge in [-0.25, -0.2) is 9.59 Å². The van der Waals surface area contributed by atoms with Gasteiger partial charge in [-0.05, 0) is 51.4 Å². The van der Waals surface area contributed by atoms with Crippen LogP contribution in [-0.4, -0.2) is 58.6 Å². The highest BCUT2D eigenvalue weighted by Crippen LogP contribution is 2.55. The van der Waals surface area contributed by atoms with E-state index in [0.717, 1.165) is 45.6 Å².